The quantitative estimate of drug-likeness (QED) is 0.402. The summed E-state index contributed by atoms with van der Waals surface area (Å²) in [5, 5.41) is 0. The third-order valence-corrected chi connectivity index (χ3v) is 2.06. The smallest absolute Gasteiger partial charge is 0.0322 e. The van der Waals surface area contributed by atoms with Crippen LogP contribution in [0.1, 0.15) is 45.4 Å². The summed E-state index contributed by atoms with van der Waals surface area (Å²) < 4.78 is 0. The monoisotopic (exact) mass is 138 g/mol. The van der Waals surface area contributed by atoms with Crippen LogP contribution in [0.15, 0.2) is 12.2 Å². The van der Waals surface area contributed by atoms with Crippen molar-refractivity contribution < 1.29 is 0 Å². The van der Waals surface area contributed by atoms with Gasteiger partial charge in [0.2, 0.25) is 0 Å². The number of unbranched alkanes of at least 4 members (excludes halogenated alkanes) is 2. The van der Waals surface area contributed by atoms with E-state index in [1.54, 1.807) is 0 Å². The molecule has 1 rings (SSSR count). The molecule has 0 radical (unpaired) electrons. The lowest BCUT2D eigenvalue weighted by Crippen LogP contribution is -1.70. The Bertz CT molecular complexity index is 98.6. The minimum atomic E-state index is 1.07. The van der Waals surface area contributed by atoms with Gasteiger partial charge < -0.3 is 0 Å². The van der Waals surface area contributed by atoms with E-state index in [2.05, 4.69) is 19.1 Å². The third kappa shape index (κ3) is 3.71. The zero-order chi connectivity index (χ0) is 7.23. The highest BCUT2D eigenvalue weighted by Crippen LogP contribution is 2.32. The van der Waals surface area contributed by atoms with E-state index in [9.17, 15) is 0 Å². The van der Waals surface area contributed by atoms with Crippen molar-refractivity contribution in [2.45, 2.75) is 45.4 Å². The van der Waals surface area contributed by atoms with Crippen LogP contribution in [0.25, 0.3) is 0 Å². The molecule has 0 atom stereocenters. The molecule has 58 valence electrons. The van der Waals surface area contributed by atoms with E-state index in [1.165, 1.54) is 38.5 Å². The largest absolute Gasteiger partial charge is 0.0885 e. The van der Waals surface area contributed by atoms with Gasteiger partial charge in [0.25, 0.3) is 0 Å². The molecule has 1 aliphatic carbocycles. The van der Waals surface area contributed by atoms with Gasteiger partial charge in [-0.25, -0.2) is 0 Å². The molecule has 10 heavy (non-hydrogen) atoms. The molecular weight excluding hydrogens is 120 g/mol. The van der Waals surface area contributed by atoms with Crippen LogP contribution in [0, 0.1) is 5.92 Å². The molecule has 0 heterocycles. The lowest BCUT2D eigenvalue weighted by Gasteiger charge is -1.88. The fourth-order valence-electron chi connectivity index (χ4n) is 1.08. The van der Waals surface area contributed by atoms with Crippen molar-refractivity contribution in [2.24, 2.45) is 5.92 Å². The Hall–Kier alpha value is -0.260. The first-order valence-electron chi connectivity index (χ1n) is 4.58. The van der Waals surface area contributed by atoms with E-state index in [0.29, 0.717) is 0 Å². The first-order valence-corrected chi connectivity index (χ1v) is 4.58. The fraction of sp³-hybridized carbons (Fsp3) is 0.800. The van der Waals surface area contributed by atoms with Crippen molar-refractivity contribution in [1.82, 2.24) is 0 Å². The average molecular weight is 138 g/mol. The van der Waals surface area contributed by atoms with E-state index in [-0.39, 0.29) is 0 Å². The predicted molar refractivity (Wildman–Crippen MR) is 46.0 cm³/mol. The van der Waals surface area contributed by atoms with Gasteiger partial charge in [0, 0.05) is 0 Å². The fourth-order valence-corrected chi connectivity index (χ4v) is 1.08. The minimum absolute atomic E-state index is 1.07. The van der Waals surface area contributed by atoms with Gasteiger partial charge in [-0.3, -0.25) is 0 Å². The summed E-state index contributed by atoms with van der Waals surface area (Å²) in [5.74, 6) is 1.07. The number of hydrogen-bond acceptors (Lipinski definition) is 0. The van der Waals surface area contributed by atoms with Gasteiger partial charge in [-0.15, -0.1) is 0 Å². The predicted octanol–water partition coefficient (Wildman–Crippen LogP) is 3.53. The SMILES string of the molecule is CCCCC=CCC1CC1. The molecule has 0 amide bonds. The lowest BCUT2D eigenvalue weighted by atomic mass is 10.2. The van der Waals surface area contributed by atoms with E-state index in [4.69, 9.17) is 0 Å². The Morgan fingerprint density at radius 1 is 1.30 bits per heavy atom. The normalized spacial score (nSPS) is 18.5. The van der Waals surface area contributed by atoms with Crippen LogP contribution >= 0.6 is 0 Å². The second kappa shape index (κ2) is 4.54. The molecule has 0 N–H and O–H groups in total. The van der Waals surface area contributed by atoms with E-state index >= 15 is 0 Å². The summed E-state index contributed by atoms with van der Waals surface area (Å²) in [6, 6.07) is 0. The van der Waals surface area contributed by atoms with Crippen molar-refractivity contribution in [2.75, 3.05) is 0 Å². The van der Waals surface area contributed by atoms with Crippen molar-refractivity contribution in [3.63, 3.8) is 0 Å². The first-order chi connectivity index (χ1) is 4.93. The second-order valence-corrected chi connectivity index (χ2v) is 3.29. The van der Waals surface area contributed by atoms with Gasteiger partial charge in [0.15, 0.2) is 0 Å². The molecule has 0 heteroatoms. The van der Waals surface area contributed by atoms with Crippen molar-refractivity contribution in [3.8, 4) is 0 Å². The summed E-state index contributed by atoms with van der Waals surface area (Å²) in [6.45, 7) is 2.24. The Kier molecular flexibility index (Phi) is 3.56. The third-order valence-electron chi connectivity index (χ3n) is 2.06. The Morgan fingerprint density at radius 3 is 2.70 bits per heavy atom. The van der Waals surface area contributed by atoms with Gasteiger partial charge in [-0.05, 0) is 31.6 Å². The van der Waals surface area contributed by atoms with Crippen molar-refractivity contribution in [3.05, 3.63) is 12.2 Å². The van der Waals surface area contributed by atoms with Gasteiger partial charge in [0.1, 0.15) is 0 Å². The summed E-state index contributed by atoms with van der Waals surface area (Å²) in [5.41, 5.74) is 0. The summed E-state index contributed by atoms with van der Waals surface area (Å²) in [7, 11) is 0. The molecule has 0 aliphatic heterocycles. The number of allylic oxidation sites excluding steroid dienone is 2. The number of hydrogen-bond donors (Lipinski definition) is 0. The zero-order valence-electron chi connectivity index (χ0n) is 6.97. The van der Waals surface area contributed by atoms with Crippen LogP contribution < -0.4 is 0 Å². The minimum Gasteiger partial charge on any atom is -0.0885 e. The maximum absolute atomic E-state index is 2.37. The zero-order valence-corrected chi connectivity index (χ0v) is 6.97. The maximum Gasteiger partial charge on any atom is -0.0322 e. The molecule has 0 aromatic heterocycles. The topological polar surface area (TPSA) is 0 Å². The van der Waals surface area contributed by atoms with Crippen LogP contribution in [0.4, 0.5) is 0 Å². The molecular formula is C10H18. The van der Waals surface area contributed by atoms with Crippen molar-refractivity contribution in [1.29, 1.82) is 0 Å². The Balaban J connectivity index is 1.84. The molecule has 0 unspecified atom stereocenters. The molecule has 0 spiro atoms. The second-order valence-electron chi connectivity index (χ2n) is 3.29. The van der Waals surface area contributed by atoms with Crippen LogP contribution in [0.3, 0.4) is 0 Å². The maximum atomic E-state index is 2.37. The molecule has 0 saturated heterocycles. The number of rotatable bonds is 5. The average Bonchev–Trinajstić information content (AvgIpc) is 2.71. The van der Waals surface area contributed by atoms with Gasteiger partial charge in [-0.1, -0.05) is 31.9 Å². The summed E-state index contributed by atoms with van der Waals surface area (Å²) in [4.78, 5) is 0. The van der Waals surface area contributed by atoms with E-state index in [1.807, 2.05) is 0 Å². The van der Waals surface area contributed by atoms with Gasteiger partial charge >= 0.3 is 0 Å². The molecule has 1 aliphatic rings. The van der Waals surface area contributed by atoms with E-state index < -0.39 is 0 Å². The Morgan fingerprint density at radius 2 is 2.10 bits per heavy atom. The highest BCUT2D eigenvalue weighted by atomic mass is 14.2. The summed E-state index contributed by atoms with van der Waals surface area (Å²) >= 11 is 0. The Labute approximate surface area is 64.3 Å². The van der Waals surface area contributed by atoms with Crippen molar-refractivity contribution >= 4 is 0 Å². The first kappa shape index (κ1) is 7.84. The standard InChI is InChI=1S/C10H18/c1-2-3-4-5-6-7-10-8-9-10/h5-6,10H,2-4,7-9H2,1H3. The summed E-state index contributed by atoms with van der Waals surface area (Å²) in [6.07, 6.45) is 13.0. The highest BCUT2D eigenvalue weighted by Gasteiger charge is 2.18. The molecule has 1 saturated carbocycles. The van der Waals surface area contributed by atoms with Crippen LogP contribution in [0.5, 0.6) is 0 Å². The van der Waals surface area contributed by atoms with Crippen LogP contribution in [-0.2, 0) is 0 Å². The molecule has 1 fully saturated rings. The van der Waals surface area contributed by atoms with Crippen LogP contribution in [0.2, 0.25) is 0 Å². The van der Waals surface area contributed by atoms with Gasteiger partial charge in [-0.2, -0.15) is 0 Å². The molecule has 0 aromatic rings. The van der Waals surface area contributed by atoms with Crippen LogP contribution in [-0.4, -0.2) is 0 Å². The molecule has 0 bridgehead atoms. The highest BCUT2D eigenvalue weighted by molar-refractivity contribution is 4.88. The molecule has 0 nitrogen and oxygen atoms in total. The van der Waals surface area contributed by atoms with E-state index in [0.717, 1.165) is 5.92 Å². The lowest BCUT2D eigenvalue weighted by molar-refractivity contribution is 0.803. The van der Waals surface area contributed by atoms with Gasteiger partial charge in [0.05, 0.1) is 0 Å². The molecule has 0 aromatic carbocycles.